The lowest BCUT2D eigenvalue weighted by atomic mass is 10.7. The number of hydrogen-bond acceptors (Lipinski definition) is 3. The van der Waals surface area contributed by atoms with Crippen LogP contribution in [0.25, 0.3) is 0 Å². The van der Waals surface area contributed by atoms with Crippen molar-refractivity contribution >= 4 is 12.3 Å². The van der Waals surface area contributed by atoms with Crippen LogP contribution in [0.5, 0.6) is 0 Å². The minimum absolute atomic E-state index is 0.266. The van der Waals surface area contributed by atoms with Gasteiger partial charge in [-0.2, -0.15) is 0 Å². The van der Waals surface area contributed by atoms with Gasteiger partial charge in [0.2, 0.25) is 0 Å². The van der Waals surface area contributed by atoms with Crippen LogP contribution in [0.4, 0.5) is 4.79 Å². The van der Waals surface area contributed by atoms with Gasteiger partial charge in [0.05, 0.1) is 0 Å². The number of allylic oxidation sites excluding steroid dienone is 1. The lowest BCUT2D eigenvalue weighted by Crippen LogP contribution is -2.19. The van der Waals surface area contributed by atoms with Crippen LogP contribution < -0.4 is 10.6 Å². The Balaban J connectivity index is 2.58. The van der Waals surface area contributed by atoms with E-state index in [0.717, 1.165) is 0 Å². The molecule has 0 unspecified atom stereocenters. The van der Waals surface area contributed by atoms with Crippen molar-refractivity contribution < 1.29 is 9.90 Å². The Morgan fingerprint density at radius 2 is 2.55 bits per heavy atom. The highest BCUT2D eigenvalue weighted by molar-refractivity contribution is 5.74. The van der Waals surface area contributed by atoms with E-state index in [1.165, 1.54) is 12.4 Å². The largest absolute Gasteiger partial charge is 0.465 e. The molecule has 11 heavy (non-hydrogen) atoms. The average Bonchev–Trinajstić information content (AvgIpc) is 2.14. The van der Waals surface area contributed by atoms with Crippen LogP contribution in [-0.4, -0.2) is 17.4 Å². The van der Waals surface area contributed by atoms with Crippen molar-refractivity contribution in [1.29, 1.82) is 0 Å². The van der Waals surface area contributed by atoms with E-state index in [4.69, 9.17) is 5.11 Å². The van der Waals surface area contributed by atoms with Crippen molar-refractivity contribution in [3.8, 4) is 0 Å². The molecule has 0 saturated carbocycles. The molecule has 0 aromatic rings. The first kappa shape index (κ1) is 7.33. The Labute approximate surface area is 63.1 Å². The van der Waals surface area contributed by atoms with Crippen molar-refractivity contribution in [2.24, 2.45) is 4.99 Å². The lowest BCUT2D eigenvalue weighted by Gasteiger charge is -1.97. The van der Waals surface area contributed by atoms with E-state index in [2.05, 4.69) is 15.6 Å². The highest BCUT2D eigenvalue weighted by atomic mass is 16.4. The number of hydrogen-bond donors (Lipinski definition) is 3. The van der Waals surface area contributed by atoms with Gasteiger partial charge in [0.25, 0.3) is 0 Å². The molecule has 0 radical (unpaired) electrons. The number of nitrogens with zero attached hydrogens (tertiary/aromatic N) is 1. The third-order valence-corrected chi connectivity index (χ3v) is 0.947. The van der Waals surface area contributed by atoms with Gasteiger partial charge >= 0.3 is 6.09 Å². The third kappa shape index (κ3) is 2.53. The van der Waals surface area contributed by atoms with Crippen molar-refractivity contribution in [3.05, 3.63) is 24.3 Å². The van der Waals surface area contributed by atoms with Gasteiger partial charge in [-0.15, -0.1) is 0 Å². The van der Waals surface area contributed by atoms with E-state index < -0.39 is 6.09 Å². The number of carbonyl (C=O) groups is 1. The Kier molecular flexibility index (Phi) is 2.27. The van der Waals surface area contributed by atoms with E-state index >= 15 is 0 Å². The monoisotopic (exact) mass is 153 g/mol. The fraction of sp³-hybridized carbons (Fsp3) is 0. The van der Waals surface area contributed by atoms with Gasteiger partial charge in [-0.1, -0.05) is 0 Å². The molecule has 1 amide bonds. The van der Waals surface area contributed by atoms with Crippen LogP contribution in [-0.2, 0) is 0 Å². The summed E-state index contributed by atoms with van der Waals surface area (Å²) in [5.41, 5.74) is 0. The molecule has 5 nitrogen and oxygen atoms in total. The maximum atomic E-state index is 10.1. The topological polar surface area (TPSA) is 73.7 Å². The summed E-state index contributed by atoms with van der Waals surface area (Å²) in [5, 5.41) is 13.1. The maximum absolute atomic E-state index is 10.1. The first-order chi connectivity index (χ1) is 5.29. The van der Waals surface area contributed by atoms with Gasteiger partial charge in [-0.05, 0) is 6.08 Å². The predicted octanol–water partition coefficient (Wildman–Crippen LogP) is 0.241. The molecule has 1 aliphatic heterocycles. The standard InChI is InChI=1S/C6H7N3O2/c10-6(11)9-5-4-7-2-1-3-8-5/h1-4,7,9H,(H,10,11). The zero-order chi connectivity index (χ0) is 8.10. The molecule has 58 valence electrons. The molecule has 3 N–H and O–H groups in total. The Morgan fingerprint density at radius 1 is 1.73 bits per heavy atom. The molecule has 1 rings (SSSR count). The van der Waals surface area contributed by atoms with E-state index in [1.54, 1.807) is 12.3 Å². The molecule has 0 bridgehead atoms. The van der Waals surface area contributed by atoms with Crippen LogP contribution in [0.1, 0.15) is 0 Å². The maximum Gasteiger partial charge on any atom is 0.410 e. The molecule has 0 fully saturated rings. The molecule has 1 heterocycles. The number of nitrogens with one attached hydrogen (secondary N) is 2. The molecule has 0 spiro atoms. The van der Waals surface area contributed by atoms with E-state index in [9.17, 15) is 4.79 Å². The second-order valence-electron chi connectivity index (χ2n) is 1.76. The smallest absolute Gasteiger partial charge is 0.410 e. The van der Waals surface area contributed by atoms with Crippen molar-refractivity contribution in [3.63, 3.8) is 0 Å². The van der Waals surface area contributed by atoms with E-state index in [0.29, 0.717) is 0 Å². The molecule has 0 atom stereocenters. The normalized spacial score (nSPS) is 14.7. The van der Waals surface area contributed by atoms with E-state index in [-0.39, 0.29) is 5.82 Å². The Bertz CT molecular complexity index is 242. The van der Waals surface area contributed by atoms with Crippen molar-refractivity contribution in [1.82, 2.24) is 10.6 Å². The van der Waals surface area contributed by atoms with Gasteiger partial charge in [0.15, 0.2) is 5.82 Å². The summed E-state index contributed by atoms with van der Waals surface area (Å²) in [7, 11) is 0. The van der Waals surface area contributed by atoms with Crippen molar-refractivity contribution in [2.45, 2.75) is 0 Å². The van der Waals surface area contributed by atoms with Gasteiger partial charge in [-0.25, -0.2) is 9.79 Å². The van der Waals surface area contributed by atoms with Crippen LogP contribution >= 0.6 is 0 Å². The summed E-state index contributed by atoms with van der Waals surface area (Å²) >= 11 is 0. The quantitative estimate of drug-likeness (QED) is 0.505. The minimum atomic E-state index is -1.13. The molecule has 0 aromatic heterocycles. The van der Waals surface area contributed by atoms with Crippen LogP contribution in [0, 0.1) is 0 Å². The second-order valence-corrected chi connectivity index (χ2v) is 1.76. The van der Waals surface area contributed by atoms with Gasteiger partial charge in [0.1, 0.15) is 0 Å². The summed E-state index contributed by atoms with van der Waals surface area (Å²) in [5.74, 6) is 0.266. The molecular weight excluding hydrogens is 146 g/mol. The summed E-state index contributed by atoms with van der Waals surface area (Å²) in [6, 6.07) is 0. The number of rotatable bonds is 1. The zero-order valence-corrected chi connectivity index (χ0v) is 5.61. The predicted molar refractivity (Wildman–Crippen MR) is 40.0 cm³/mol. The summed E-state index contributed by atoms with van der Waals surface area (Å²) in [4.78, 5) is 13.9. The number of aliphatic imine (C=N–C) groups is 1. The number of amides is 1. The van der Waals surface area contributed by atoms with Gasteiger partial charge in [-0.3, -0.25) is 5.32 Å². The highest BCUT2D eigenvalue weighted by Gasteiger charge is 1.98. The minimum Gasteiger partial charge on any atom is -0.465 e. The third-order valence-electron chi connectivity index (χ3n) is 0.947. The van der Waals surface area contributed by atoms with E-state index in [1.807, 2.05) is 0 Å². The first-order valence-corrected chi connectivity index (χ1v) is 2.94. The fourth-order valence-corrected chi connectivity index (χ4v) is 0.564. The van der Waals surface area contributed by atoms with Crippen molar-refractivity contribution in [2.75, 3.05) is 0 Å². The lowest BCUT2D eigenvalue weighted by molar-refractivity contribution is 0.197. The second kappa shape index (κ2) is 3.40. The molecule has 5 heteroatoms. The fourth-order valence-electron chi connectivity index (χ4n) is 0.564. The van der Waals surface area contributed by atoms with Gasteiger partial charge < -0.3 is 10.4 Å². The molecule has 0 aromatic carbocycles. The Hall–Kier alpha value is -1.78. The van der Waals surface area contributed by atoms with Crippen LogP contribution in [0.3, 0.4) is 0 Å². The molecule has 0 saturated heterocycles. The molecular formula is C6H7N3O2. The average molecular weight is 153 g/mol. The summed E-state index contributed by atoms with van der Waals surface area (Å²) in [6.07, 6.45) is 5.11. The SMILES string of the molecule is O=C(O)NC1=CNC=CC=N1. The summed E-state index contributed by atoms with van der Waals surface area (Å²) in [6.45, 7) is 0. The first-order valence-electron chi connectivity index (χ1n) is 2.94. The molecule has 1 aliphatic rings. The Morgan fingerprint density at radius 3 is 3.27 bits per heavy atom. The number of carboxylic acid groups (broad SMARTS) is 1. The van der Waals surface area contributed by atoms with Crippen LogP contribution in [0.15, 0.2) is 29.3 Å². The van der Waals surface area contributed by atoms with Crippen LogP contribution in [0.2, 0.25) is 0 Å². The van der Waals surface area contributed by atoms with Gasteiger partial charge in [0, 0.05) is 18.6 Å². The zero-order valence-electron chi connectivity index (χ0n) is 5.61. The molecule has 0 aliphatic carbocycles. The highest BCUT2D eigenvalue weighted by Crippen LogP contribution is 1.90. The summed E-state index contributed by atoms with van der Waals surface area (Å²) < 4.78 is 0.